The molecule has 0 N–H and O–H groups in total. The van der Waals surface area contributed by atoms with Crippen molar-refractivity contribution in [2.45, 2.75) is 13.8 Å². The van der Waals surface area contributed by atoms with Crippen molar-refractivity contribution in [2.75, 3.05) is 26.3 Å². The van der Waals surface area contributed by atoms with E-state index < -0.39 is 0 Å². The third-order valence-electron chi connectivity index (χ3n) is 1.98. The van der Waals surface area contributed by atoms with Gasteiger partial charge in [-0.2, -0.15) is 0 Å². The Morgan fingerprint density at radius 1 is 1.33 bits per heavy atom. The van der Waals surface area contributed by atoms with Gasteiger partial charge in [-0.3, -0.25) is 4.79 Å². The predicted molar refractivity (Wildman–Crippen MR) is 46.8 cm³/mol. The normalized spacial score (nSPS) is 19.5. The molecule has 1 rings (SSSR count). The van der Waals surface area contributed by atoms with Crippen molar-refractivity contribution in [3.63, 3.8) is 0 Å². The van der Waals surface area contributed by atoms with Gasteiger partial charge in [0.15, 0.2) is 5.78 Å². The first-order valence-electron chi connectivity index (χ1n) is 4.21. The molecule has 0 spiro atoms. The summed E-state index contributed by atoms with van der Waals surface area (Å²) >= 11 is 0. The van der Waals surface area contributed by atoms with Crippen LogP contribution in [0, 0.1) is 0 Å². The Balaban J connectivity index is 2.47. The standard InChI is InChI=1S/C9H15NO2/c1-8(9(2)11)7-10-3-5-12-6-4-10/h7H,3-6H2,1-2H3/b8-7+. The number of nitrogens with zero attached hydrogens (tertiary/aromatic N) is 1. The number of ether oxygens (including phenoxy) is 1. The third-order valence-corrected chi connectivity index (χ3v) is 1.98. The molecule has 0 bridgehead atoms. The van der Waals surface area contributed by atoms with Gasteiger partial charge in [0.05, 0.1) is 13.2 Å². The lowest BCUT2D eigenvalue weighted by atomic mass is 10.2. The monoisotopic (exact) mass is 169 g/mol. The summed E-state index contributed by atoms with van der Waals surface area (Å²) in [6.45, 7) is 6.75. The number of carbonyl (C=O) groups excluding carboxylic acids is 1. The minimum atomic E-state index is 0.140. The van der Waals surface area contributed by atoms with Crippen molar-refractivity contribution in [3.05, 3.63) is 11.8 Å². The SMILES string of the molecule is CC(=O)/C(C)=C/N1CCOCC1. The number of carbonyl (C=O) groups is 1. The fourth-order valence-corrected chi connectivity index (χ4v) is 1.07. The second kappa shape index (κ2) is 4.26. The van der Waals surface area contributed by atoms with E-state index in [-0.39, 0.29) is 5.78 Å². The number of rotatable bonds is 2. The van der Waals surface area contributed by atoms with E-state index >= 15 is 0 Å². The molecule has 0 atom stereocenters. The first kappa shape index (κ1) is 9.26. The molecule has 0 aromatic rings. The number of hydrogen-bond donors (Lipinski definition) is 0. The van der Waals surface area contributed by atoms with Gasteiger partial charge < -0.3 is 9.64 Å². The Kier molecular flexibility index (Phi) is 3.29. The van der Waals surface area contributed by atoms with Crippen LogP contribution >= 0.6 is 0 Å². The highest BCUT2D eigenvalue weighted by molar-refractivity contribution is 5.92. The van der Waals surface area contributed by atoms with Crippen LogP contribution < -0.4 is 0 Å². The molecule has 0 radical (unpaired) electrons. The van der Waals surface area contributed by atoms with Crippen LogP contribution in [0.15, 0.2) is 11.8 Å². The van der Waals surface area contributed by atoms with Crippen molar-refractivity contribution in [1.29, 1.82) is 0 Å². The molecule has 1 aliphatic rings. The number of Topliss-reactive ketones (excluding diaryl/α,β-unsaturated/α-hetero) is 1. The smallest absolute Gasteiger partial charge is 0.156 e. The minimum Gasteiger partial charge on any atom is -0.378 e. The van der Waals surface area contributed by atoms with Crippen molar-refractivity contribution < 1.29 is 9.53 Å². The summed E-state index contributed by atoms with van der Waals surface area (Å²) in [7, 11) is 0. The maximum Gasteiger partial charge on any atom is 0.156 e. The summed E-state index contributed by atoms with van der Waals surface area (Å²) in [6.07, 6.45) is 1.92. The Morgan fingerprint density at radius 2 is 1.92 bits per heavy atom. The van der Waals surface area contributed by atoms with Crippen molar-refractivity contribution in [3.8, 4) is 0 Å². The fourth-order valence-electron chi connectivity index (χ4n) is 1.07. The highest BCUT2D eigenvalue weighted by atomic mass is 16.5. The van der Waals surface area contributed by atoms with Crippen molar-refractivity contribution in [2.24, 2.45) is 0 Å². The first-order valence-corrected chi connectivity index (χ1v) is 4.21. The zero-order valence-electron chi connectivity index (χ0n) is 7.67. The van der Waals surface area contributed by atoms with E-state index in [0.29, 0.717) is 0 Å². The molecule has 3 nitrogen and oxygen atoms in total. The van der Waals surface area contributed by atoms with Gasteiger partial charge in [-0.25, -0.2) is 0 Å². The van der Waals surface area contributed by atoms with Gasteiger partial charge in [0.2, 0.25) is 0 Å². The molecular weight excluding hydrogens is 154 g/mol. The number of morpholine rings is 1. The molecule has 1 saturated heterocycles. The average molecular weight is 169 g/mol. The second-order valence-electron chi connectivity index (χ2n) is 3.02. The van der Waals surface area contributed by atoms with E-state index in [2.05, 4.69) is 4.90 Å². The predicted octanol–water partition coefficient (Wildman–Crippen LogP) is 0.811. The Labute approximate surface area is 73.0 Å². The van der Waals surface area contributed by atoms with E-state index in [9.17, 15) is 4.79 Å². The third kappa shape index (κ3) is 2.66. The number of allylic oxidation sites excluding steroid dienone is 1. The van der Waals surface area contributed by atoms with Crippen LogP contribution in [-0.4, -0.2) is 37.0 Å². The summed E-state index contributed by atoms with van der Waals surface area (Å²) in [6, 6.07) is 0. The van der Waals surface area contributed by atoms with Crippen LogP contribution in [0.2, 0.25) is 0 Å². The maximum absolute atomic E-state index is 10.9. The van der Waals surface area contributed by atoms with Gasteiger partial charge in [0.25, 0.3) is 0 Å². The molecule has 12 heavy (non-hydrogen) atoms. The maximum atomic E-state index is 10.9. The quantitative estimate of drug-likeness (QED) is 0.573. The summed E-state index contributed by atoms with van der Waals surface area (Å²) < 4.78 is 5.19. The van der Waals surface area contributed by atoms with Crippen LogP contribution in [0.25, 0.3) is 0 Å². The fraction of sp³-hybridized carbons (Fsp3) is 0.667. The first-order chi connectivity index (χ1) is 5.70. The zero-order chi connectivity index (χ0) is 8.97. The van der Waals surface area contributed by atoms with Gasteiger partial charge in [-0.05, 0) is 13.8 Å². The van der Waals surface area contributed by atoms with Crippen LogP contribution in [0.4, 0.5) is 0 Å². The summed E-state index contributed by atoms with van der Waals surface area (Å²) in [5, 5.41) is 0. The number of ketones is 1. The molecule has 1 aliphatic heterocycles. The molecule has 0 aliphatic carbocycles. The average Bonchev–Trinajstić information content (AvgIpc) is 2.06. The molecule has 0 saturated carbocycles. The zero-order valence-corrected chi connectivity index (χ0v) is 7.67. The highest BCUT2D eigenvalue weighted by Gasteiger charge is 2.07. The Morgan fingerprint density at radius 3 is 2.42 bits per heavy atom. The van der Waals surface area contributed by atoms with E-state index in [1.165, 1.54) is 0 Å². The highest BCUT2D eigenvalue weighted by Crippen LogP contribution is 2.02. The summed E-state index contributed by atoms with van der Waals surface area (Å²) in [5.74, 6) is 0.140. The van der Waals surface area contributed by atoms with Gasteiger partial charge in [0.1, 0.15) is 0 Å². The summed E-state index contributed by atoms with van der Waals surface area (Å²) in [5.41, 5.74) is 0.817. The topological polar surface area (TPSA) is 29.5 Å². The minimum absolute atomic E-state index is 0.140. The Bertz CT molecular complexity index is 193. The van der Waals surface area contributed by atoms with Gasteiger partial charge in [0, 0.05) is 24.9 Å². The van der Waals surface area contributed by atoms with Crippen LogP contribution in [0.1, 0.15) is 13.8 Å². The van der Waals surface area contributed by atoms with Crippen LogP contribution in [0.5, 0.6) is 0 Å². The molecule has 1 heterocycles. The summed E-state index contributed by atoms with van der Waals surface area (Å²) in [4.78, 5) is 13.0. The van der Waals surface area contributed by atoms with E-state index in [1.54, 1.807) is 6.92 Å². The van der Waals surface area contributed by atoms with Gasteiger partial charge in [-0.1, -0.05) is 0 Å². The Hall–Kier alpha value is -0.830. The molecule has 3 heteroatoms. The van der Waals surface area contributed by atoms with Crippen molar-refractivity contribution >= 4 is 5.78 Å². The van der Waals surface area contributed by atoms with E-state index in [1.807, 2.05) is 13.1 Å². The molecule has 68 valence electrons. The lowest BCUT2D eigenvalue weighted by Gasteiger charge is -2.25. The molecule has 0 aromatic carbocycles. The largest absolute Gasteiger partial charge is 0.378 e. The van der Waals surface area contributed by atoms with Crippen LogP contribution in [0.3, 0.4) is 0 Å². The lowest BCUT2D eigenvalue weighted by molar-refractivity contribution is -0.113. The molecule has 0 aromatic heterocycles. The molecule has 0 unspecified atom stereocenters. The van der Waals surface area contributed by atoms with E-state index in [4.69, 9.17) is 4.74 Å². The van der Waals surface area contributed by atoms with E-state index in [0.717, 1.165) is 31.9 Å². The van der Waals surface area contributed by atoms with Crippen LogP contribution in [-0.2, 0) is 9.53 Å². The van der Waals surface area contributed by atoms with Gasteiger partial charge in [-0.15, -0.1) is 0 Å². The number of hydrogen-bond acceptors (Lipinski definition) is 3. The molecule has 0 amide bonds. The molecular formula is C9H15NO2. The lowest BCUT2D eigenvalue weighted by Crippen LogP contribution is -2.32. The molecule has 1 fully saturated rings. The van der Waals surface area contributed by atoms with Gasteiger partial charge >= 0.3 is 0 Å². The second-order valence-corrected chi connectivity index (χ2v) is 3.02. The van der Waals surface area contributed by atoms with Crippen molar-refractivity contribution in [1.82, 2.24) is 4.90 Å².